The highest BCUT2D eigenvalue weighted by molar-refractivity contribution is 6.04. The first-order valence-electron chi connectivity index (χ1n) is 15.1. The van der Waals surface area contributed by atoms with E-state index in [2.05, 4.69) is 98.1 Å². The molecule has 0 N–H and O–H groups in total. The van der Waals surface area contributed by atoms with Gasteiger partial charge < -0.3 is 0 Å². The Labute approximate surface area is 257 Å². The molecule has 0 radical (unpaired) electrons. The number of pyridine rings is 3. The van der Waals surface area contributed by atoms with Crippen molar-refractivity contribution in [1.29, 1.82) is 0 Å². The van der Waals surface area contributed by atoms with Crippen LogP contribution in [0.4, 0.5) is 0 Å². The fraction of sp³-hybridized carbons (Fsp3) is 0.100. The van der Waals surface area contributed by atoms with Crippen LogP contribution in [0.5, 0.6) is 0 Å². The summed E-state index contributed by atoms with van der Waals surface area (Å²) < 4.78 is 0. The molecule has 2 aliphatic carbocycles. The van der Waals surface area contributed by atoms with Crippen molar-refractivity contribution in [2.24, 2.45) is 10.9 Å². The molecule has 0 bridgehead atoms. The smallest absolute Gasteiger partial charge is 0.102 e. The minimum absolute atomic E-state index is 0.0368. The average molecular weight is 567 g/mol. The SMILES string of the molecule is C=C/C=C(\C=C)c1ccc2ccc3ccc(-c4ccc(-c5c6c(nc7c5C=CC5C=CC=NC75)CCC=C6)cc4)nc3c2n1. The van der Waals surface area contributed by atoms with E-state index in [1.54, 1.807) is 6.08 Å². The monoisotopic (exact) mass is 566 g/mol. The molecule has 4 heterocycles. The second kappa shape index (κ2) is 10.7. The maximum atomic E-state index is 5.20. The van der Waals surface area contributed by atoms with Gasteiger partial charge >= 0.3 is 0 Å². The van der Waals surface area contributed by atoms with Gasteiger partial charge in [-0.15, -0.1) is 0 Å². The van der Waals surface area contributed by atoms with Crippen LogP contribution in [0, 0.1) is 5.92 Å². The maximum absolute atomic E-state index is 5.20. The number of hydrogen-bond donors (Lipinski definition) is 0. The lowest BCUT2D eigenvalue weighted by atomic mass is 9.81. The molecule has 2 unspecified atom stereocenters. The van der Waals surface area contributed by atoms with E-state index >= 15 is 0 Å². The normalized spacial score (nSPS) is 18.2. The third-order valence-corrected chi connectivity index (χ3v) is 8.81. The number of fused-ring (bicyclic) bond motifs is 7. The fourth-order valence-electron chi connectivity index (χ4n) is 6.62. The Morgan fingerprint density at radius 2 is 1.55 bits per heavy atom. The summed E-state index contributed by atoms with van der Waals surface area (Å²) in [7, 11) is 0. The first-order valence-corrected chi connectivity index (χ1v) is 15.1. The zero-order chi connectivity index (χ0) is 29.6. The number of benzene rings is 2. The lowest BCUT2D eigenvalue weighted by Gasteiger charge is -2.29. The van der Waals surface area contributed by atoms with Crippen molar-refractivity contribution >= 4 is 45.7 Å². The van der Waals surface area contributed by atoms with Crippen LogP contribution in [0.15, 0.2) is 121 Å². The summed E-state index contributed by atoms with van der Waals surface area (Å²) in [6.45, 7) is 7.79. The Morgan fingerprint density at radius 3 is 2.36 bits per heavy atom. The molecule has 210 valence electrons. The number of allylic oxidation sites excluding steroid dienone is 6. The molecular weight excluding hydrogens is 536 g/mol. The van der Waals surface area contributed by atoms with Crippen molar-refractivity contribution in [2.45, 2.75) is 18.9 Å². The van der Waals surface area contributed by atoms with Crippen LogP contribution < -0.4 is 0 Å². The first kappa shape index (κ1) is 26.2. The van der Waals surface area contributed by atoms with E-state index in [0.717, 1.165) is 62.9 Å². The average Bonchev–Trinajstić information content (AvgIpc) is 3.09. The Morgan fingerprint density at radius 1 is 0.773 bits per heavy atom. The molecule has 0 saturated heterocycles. The molecule has 0 spiro atoms. The molecule has 0 fully saturated rings. The maximum Gasteiger partial charge on any atom is 0.102 e. The zero-order valence-electron chi connectivity index (χ0n) is 24.3. The summed E-state index contributed by atoms with van der Waals surface area (Å²) in [4.78, 5) is 20.2. The van der Waals surface area contributed by atoms with Crippen LogP contribution in [0.1, 0.15) is 40.7 Å². The Hall–Kier alpha value is -5.48. The van der Waals surface area contributed by atoms with E-state index < -0.39 is 0 Å². The topological polar surface area (TPSA) is 51.0 Å². The van der Waals surface area contributed by atoms with E-state index in [0.29, 0.717) is 0 Å². The molecule has 1 aliphatic heterocycles. The number of aromatic nitrogens is 3. The van der Waals surface area contributed by atoms with Crippen LogP contribution in [0.2, 0.25) is 0 Å². The van der Waals surface area contributed by atoms with Gasteiger partial charge in [0.2, 0.25) is 0 Å². The molecule has 3 aromatic heterocycles. The van der Waals surface area contributed by atoms with E-state index in [-0.39, 0.29) is 12.0 Å². The van der Waals surface area contributed by atoms with Gasteiger partial charge in [0.15, 0.2) is 0 Å². The standard InChI is InChI=1S/C40H30N4/c1-3-8-25(4-2)33-22-19-29-16-17-30-20-23-34(43-39(30)38(29)42-33)26-12-14-27(15-13-26)36-31-10-5-6-11-35(31)44-40-32(36)21-18-28-9-7-24-41-37(28)40/h3-5,7-10,12-24,28,37H,1-2,6,11H2/b25-8+. The molecule has 4 heteroatoms. The second-order valence-corrected chi connectivity index (χ2v) is 11.4. The van der Waals surface area contributed by atoms with Gasteiger partial charge in [0.1, 0.15) is 6.04 Å². The Bertz CT molecular complexity index is 2160. The third kappa shape index (κ3) is 4.30. The minimum Gasteiger partial charge on any atom is -0.282 e. The molecule has 44 heavy (non-hydrogen) atoms. The minimum atomic E-state index is 0.0368. The van der Waals surface area contributed by atoms with Crippen molar-refractivity contribution < 1.29 is 0 Å². The van der Waals surface area contributed by atoms with E-state index in [1.807, 2.05) is 30.5 Å². The summed E-state index contributed by atoms with van der Waals surface area (Å²) in [5, 5.41) is 2.11. The summed E-state index contributed by atoms with van der Waals surface area (Å²) in [6.07, 6.45) is 22.7. The van der Waals surface area contributed by atoms with Crippen molar-refractivity contribution in [3.05, 3.63) is 145 Å². The van der Waals surface area contributed by atoms with Gasteiger partial charge in [-0.05, 0) is 47.8 Å². The van der Waals surface area contributed by atoms with Crippen molar-refractivity contribution in [3.63, 3.8) is 0 Å². The number of hydrogen-bond acceptors (Lipinski definition) is 4. The van der Waals surface area contributed by atoms with E-state index in [1.165, 1.54) is 27.9 Å². The molecule has 3 aliphatic rings. The molecule has 4 nitrogen and oxygen atoms in total. The zero-order valence-corrected chi connectivity index (χ0v) is 24.3. The number of nitrogens with zero attached hydrogens (tertiary/aromatic N) is 4. The number of aliphatic imine (C=N–C) groups is 1. The van der Waals surface area contributed by atoms with Gasteiger partial charge in [-0.3, -0.25) is 9.98 Å². The van der Waals surface area contributed by atoms with Crippen molar-refractivity contribution in [2.75, 3.05) is 0 Å². The van der Waals surface area contributed by atoms with Gasteiger partial charge in [0.25, 0.3) is 0 Å². The largest absolute Gasteiger partial charge is 0.282 e. The molecule has 0 amide bonds. The number of rotatable bonds is 5. The number of aryl methyl sites for hydroxylation is 1. The predicted molar refractivity (Wildman–Crippen MR) is 184 cm³/mol. The lowest BCUT2D eigenvalue weighted by Crippen LogP contribution is -2.19. The summed E-state index contributed by atoms with van der Waals surface area (Å²) >= 11 is 0. The molecule has 2 atom stereocenters. The second-order valence-electron chi connectivity index (χ2n) is 11.4. The fourth-order valence-corrected chi connectivity index (χ4v) is 6.62. The quantitative estimate of drug-likeness (QED) is 0.157. The molecule has 2 aromatic carbocycles. The Balaban J connectivity index is 1.23. The van der Waals surface area contributed by atoms with Crippen molar-refractivity contribution in [1.82, 2.24) is 15.0 Å². The molecular formula is C40H30N4. The number of dihydropyridines is 1. The Kier molecular flexibility index (Phi) is 6.34. The van der Waals surface area contributed by atoms with Gasteiger partial charge in [-0.1, -0.05) is 110 Å². The van der Waals surface area contributed by atoms with Crippen LogP contribution in [-0.4, -0.2) is 21.2 Å². The van der Waals surface area contributed by atoms with Crippen molar-refractivity contribution in [3.8, 4) is 22.4 Å². The summed E-state index contributed by atoms with van der Waals surface area (Å²) in [5.74, 6) is 0.259. The lowest BCUT2D eigenvalue weighted by molar-refractivity contribution is 0.590. The van der Waals surface area contributed by atoms with Crippen LogP contribution in [0.25, 0.3) is 61.9 Å². The molecule has 8 rings (SSSR count). The molecule has 5 aromatic rings. The van der Waals surface area contributed by atoms with Gasteiger partial charge in [-0.25, -0.2) is 9.97 Å². The van der Waals surface area contributed by atoms with E-state index in [4.69, 9.17) is 19.9 Å². The third-order valence-electron chi connectivity index (χ3n) is 8.81. The van der Waals surface area contributed by atoms with E-state index in [9.17, 15) is 0 Å². The van der Waals surface area contributed by atoms with Crippen LogP contribution in [0.3, 0.4) is 0 Å². The highest BCUT2D eigenvalue weighted by Crippen LogP contribution is 2.44. The first-order chi connectivity index (χ1) is 21.7. The summed E-state index contributed by atoms with van der Waals surface area (Å²) in [6, 6.07) is 21.4. The van der Waals surface area contributed by atoms with Crippen LogP contribution >= 0.6 is 0 Å². The van der Waals surface area contributed by atoms with Gasteiger partial charge in [0.05, 0.1) is 28.1 Å². The highest BCUT2D eigenvalue weighted by atomic mass is 14.9. The van der Waals surface area contributed by atoms with Crippen LogP contribution in [-0.2, 0) is 6.42 Å². The summed E-state index contributed by atoms with van der Waals surface area (Å²) in [5.41, 5.74) is 12.6. The highest BCUT2D eigenvalue weighted by Gasteiger charge is 2.31. The molecule has 0 saturated carbocycles. The van der Waals surface area contributed by atoms with Gasteiger partial charge in [-0.2, -0.15) is 0 Å². The predicted octanol–water partition coefficient (Wildman–Crippen LogP) is 9.55. The van der Waals surface area contributed by atoms with Gasteiger partial charge in [0, 0.05) is 45.3 Å².